The van der Waals surface area contributed by atoms with Gasteiger partial charge in [-0.2, -0.15) is 0 Å². The molecule has 2 atom stereocenters. The Morgan fingerprint density at radius 2 is 1.79 bits per heavy atom. The van der Waals surface area contributed by atoms with Crippen molar-refractivity contribution in [2.24, 2.45) is 11.3 Å². The number of anilines is 2. The largest absolute Gasteiger partial charge is 0.489 e. The summed E-state index contributed by atoms with van der Waals surface area (Å²) in [7, 11) is -4.74. The number of amides is 2. The van der Waals surface area contributed by atoms with Gasteiger partial charge in [-0.1, -0.05) is 45.0 Å². The second-order valence-corrected chi connectivity index (χ2v) is 22.9. The van der Waals surface area contributed by atoms with Crippen molar-refractivity contribution in [1.29, 1.82) is 0 Å². The number of piperazine rings is 1. The van der Waals surface area contributed by atoms with Gasteiger partial charge >= 0.3 is 0 Å². The van der Waals surface area contributed by atoms with Gasteiger partial charge in [-0.15, -0.1) is 0 Å². The molecule has 0 bridgehead atoms. The van der Waals surface area contributed by atoms with E-state index in [1.165, 1.54) is 35.7 Å². The molecule has 2 aromatic heterocycles. The minimum Gasteiger partial charge on any atom is -0.489 e. The van der Waals surface area contributed by atoms with Crippen LogP contribution in [0.4, 0.5) is 21.5 Å². The number of hydrogen-bond donors (Lipinski definition) is 4. The summed E-state index contributed by atoms with van der Waals surface area (Å²) >= 11 is 0. The zero-order chi connectivity index (χ0) is 50.7. The fourth-order valence-corrected chi connectivity index (χ4v) is 12.9. The van der Waals surface area contributed by atoms with E-state index in [1.54, 1.807) is 19.1 Å². The minimum absolute atomic E-state index is 0.00562. The Morgan fingerprint density at radius 3 is 2.51 bits per heavy atom. The lowest BCUT2D eigenvalue weighted by Crippen LogP contribution is -2.60. The lowest BCUT2D eigenvalue weighted by molar-refractivity contribution is -0.384. The van der Waals surface area contributed by atoms with Crippen molar-refractivity contribution in [3.63, 3.8) is 0 Å². The zero-order valence-electron chi connectivity index (χ0n) is 41.2. The minimum atomic E-state index is -4.74. The van der Waals surface area contributed by atoms with Crippen LogP contribution in [0.3, 0.4) is 0 Å². The number of rotatable bonds is 12. The average Bonchev–Trinajstić information content (AvgIpc) is 3.73. The van der Waals surface area contributed by atoms with E-state index < -0.39 is 42.9 Å². The van der Waals surface area contributed by atoms with Gasteiger partial charge in [-0.05, 0) is 105 Å². The molecule has 19 heteroatoms. The molecule has 72 heavy (non-hydrogen) atoms. The Kier molecular flexibility index (Phi) is 13.2. The molecule has 382 valence electrons. The third-order valence-electron chi connectivity index (χ3n) is 16.2. The monoisotopic (exact) mass is 1010 g/mol. The standard InChI is InChI=1S/C53H63FN8O9S/c1-5-48(63)60-20-21-61(45(30-60)39-9-7-6-8-38(39)32(2)3)35-26-53(27-35)16-18-59(19-17-53)34-10-11-40(46(22-34)71-36-23-41-42(54)29-56-50(41)55-28-36)51(64)58-72(68,69)37-24-44(62(66)67)49-47(25-37)70-31-43(57-49)33-12-14-52(4,65)15-13-33/h6-11,22-25,28-29,32-33,35,43,45,57,65H,5,12-21,26-27,30-31H2,1-4H3,(H,55,56)(H,58,64)/t33-,43-,45-,52-/m1/s1. The molecule has 0 radical (unpaired) electrons. The molecule has 3 aliphatic heterocycles. The molecule has 5 aromatic rings. The number of piperidine rings is 1. The molecular weight excluding hydrogens is 944 g/mol. The molecule has 5 heterocycles. The Hall–Kier alpha value is -6.31. The number of aliphatic hydroxyl groups is 1. The smallest absolute Gasteiger partial charge is 0.297 e. The number of nitrogens with zero attached hydrogens (tertiary/aromatic N) is 5. The molecule has 1 spiro atoms. The van der Waals surface area contributed by atoms with Gasteiger partial charge in [0.25, 0.3) is 21.6 Å². The third-order valence-corrected chi connectivity index (χ3v) is 17.5. The van der Waals surface area contributed by atoms with E-state index >= 15 is 0 Å². The van der Waals surface area contributed by atoms with E-state index in [0.29, 0.717) is 56.3 Å². The molecule has 5 aliphatic rings. The van der Waals surface area contributed by atoms with Crippen molar-refractivity contribution in [1.82, 2.24) is 24.5 Å². The molecule has 3 aromatic carbocycles. The maximum absolute atomic E-state index is 14.7. The molecule has 17 nitrogen and oxygen atoms in total. The van der Waals surface area contributed by atoms with Gasteiger partial charge in [-0.25, -0.2) is 22.5 Å². The van der Waals surface area contributed by atoms with Crippen LogP contribution in [-0.2, 0) is 14.8 Å². The van der Waals surface area contributed by atoms with Gasteiger partial charge in [0.2, 0.25) is 5.91 Å². The van der Waals surface area contributed by atoms with E-state index in [1.807, 2.05) is 11.8 Å². The van der Waals surface area contributed by atoms with Crippen LogP contribution in [-0.4, -0.2) is 107 Å². The summed E-state index contributed by atoms with van der Waals surface area (Å²) < 4.78 is 57.1. The SMILES string of the molecule is CCC(=O)N1CCN(C2CC3(CCN(c4ccc(C(=O)NS(=O)(=O)c5cc6c(c([N+](=O)[O-])c5)N[C@@H]([C@H]5CC[C@](C)(O)CC5)CO6)c(Oc5cnc6[nH]cc(F)c6c5)c4)CC3)C2)[C@@H](c2ccccc2C(C)C)C1. The zero-order valence-corrected chi connectivity index (χ0v) is 42.0. The number of aromatic amines is 1. The molecular formula is C53H63FN8O9S. The highest BCUT2D eigenvalue weighted by molar-refractivity contribution is 7.90. The number of nitro groups is 1. The molecule has 0 unspecified atom stereocenters. The highest BCUT2D eigenvalue weighted by Crippen LogP contribution is 2.54. The van der Waals surface area contributed by atoms with Gasteiger partial charge in [0.1, 0.15) is 29.6 Å². The first-order chi connectivity index (χ1) is 34.4. The molecule has 4 N–H and O–H groups in total. The fraction of sp³-hybridized carbons (Fsp3) is 0.491. The molecule has 10 rings (SSSR count). The highest BCUT2D eigenvalue weighted by Gasteiger charge is 2.50. The second-order valence-electron chi connectivity index (χ2n) is 21.2. The van der Waals surface area contributed by atoms with Crippen LogP contribution < -0.4 is 24.4 Å². The van der Waals surface area contributed by atoms with Gasteiger partial charge in [0.15, 0.2) is 11.4 Å². The Labute approximate surface area is 418 Å². The van der Waals surface area contributed by atoms with Crippen LogP contribution in [0, 0.1) is 27.3 Å². The first-order valence-electron chi connectivity index (χ1n) is 25.2. The van der Waals surface area contributed by atoms with Crippen LogP contribution >= 0.6 is 0 Å². The number of halogens is 1. The maximum Gasteiger partial charge on any atom is 0.297 e. The summed E-state index contributed by atoms with van der Waals surface area (Å²) in [6, 6.07) is 17.2. The number of carbonyl (C=O) groups excluding carboxylic acids is 2. The van der Waals surface area contributed by atoms with Crippen LogP contribution in [0.25, 0.3) is 11.0 Å². The fourth-order valence-electron chi connectivity index (χ4n) is 11.9. The number of pyridine rings is 1. The van der Waals surface area contributed by atoms with Gasteiger partial charge in [0, 0.05) is 75.3 Å². The number of carbonyl (C=O) groups is 2. The normalized spacial score (nSPS) is 23.5. The van der Waals surface area contributed by atoms with Crippen LogP contribution in [0.5, 0.6) is 17.2 Å². The summed E-state index contributed by atoms with van der Waals surface area (Å²) in [5, 5.41) is 26.3. The highest BCUT2D eigenvalue weighted by atomic mass is 32.2. The lowest BCUT2D eigenvalue weighted by Gasteiger charge is -2.58. The molecule has 2 amide bonds. The number of fused-ring (bicyclic) bond motifs is 2. The lowest BCUT2D eigenvalue weighted by atomic mass is 9.59. The predicted octanol–water partition coefficient (Wildman–Crippen LogP) is 8.80. The van der Waals surface area contributed by atoms with Crippen LogP contribution in [0.1, 0.15) is 119 Å². The van der Waals surface area contributed by atoms with E-state index in [9.17, 15) is 37.6 Å². The Balaban J connectivity index is 0.863. The number of nitro benzene ring substituents is 1. The summed E-state index contributed by atoms with van der Waals surface area (Å²) in [6.07, 6.45) is 9.55. The number of sulfonamides is 1. The predicted molar refractivity (Wildman–Crippen MR) is 270 cm³/mol. The van der Waals surface area contributed by atoms with Crippen molar-refractivity contribution in [2.75, 3.05) is 49.5 Å². The second kappa shape index (κ2) is 19.3. The maximum atomic E-state index is 14.7. The average molecular weight is 1010 g/mol. The van der Waals surface area contributed by atoms with Crippen molar-refractivity contribution in [2.45, 2.75) is 120 Å². The first-order valence-corrected chi connectivity index (χ1v) is 26.7. The van der Waals surface area contributed by atoms with Crippen molar-refractivity contribution < 1.29 is 41.9 Å². The number of ether oxygens (including phenoxy) is 2. The molecule has 2 saturated heterocycles. The summed E-state index contributed by atoms with van der Waals surface area (Å²) in [5.41, 5.74) is 2.40. The van der Waals surface area contributed by atoms with Gasteiger partial charge < -0.3 is 34.7 Å². The van der Waals surface area contributed by atoms with Gasteiger partial charge in [-0.3, -0.25) is 24.6 Å². The topological polar surface area (TPSA) is 213 Å². The van der Waals surface area contributed by atoms with E-state index in [2.05, 4.69) is 67.9 Å². The quantitative estimate of drug-likeness (QED) is 0.0681. The van der Waals surface area contributed by atoms with Crippen LogP contribution in [0.15, 0.2) is 78.0 Å². The number of aromatic nitrogens is 2. The molecule has 2 saturated carbocycles. The van der Waals surface area contributed by atoms with E-state index in [-0.39, 0.29) is 69.8 Å². The van der Waals surface area contributed by atoms with Crippen molar-refractivity contribution >= 4 is 49.9 Å². The Morgan fingerprint density at radius 1 is 1.04 bits per heavy atom. The Bertz CT molecular complexity index is 3010. The number of H-pyrrole nitrogens is 1. The summed E-state index contributed by atoms with van der Waals surface area (Å²) in [6.45, 7) is 12.0. The van der Waals surface area contributed by atoms with E-state index in [4.69, 9.17) is 9.47 Å². The molecule has 4 fully saturated rings. The summed E-state index contributed by atoms with van der Waals surface area (Å²) in [4.78, 5) is 52.2. The first kappa shape index (κ1) is 49.3. The summed E-state index contributed by atoms with van der Waals surface area (Å²) in [5.74, 6) is -0.930. The number of benzene rings is 3. The van der Waals surface area contributed by atoms with Crippen molar-refractivity contribution in [3.05, 3.63) is 106 Å². The van der Waals surface area contributed by atoms with Crippen LogP contribution in [0.2, 0.25) is 0 Å². The third kappa shape index (κ3) is 9.69. The number of nitrogens with one attached hydrogen (secondary N) is 3. The van der Waals surface area contributed by atoms with Crippen molar-refractivity contribution in [3.8, 4) is 17.2 Å². The van der Waals surface area contributed by atoms with E-state index in [0.717, 1.165) is 69.7 Å². The molecule has 2 aliphatic carbocycles. The number of hydrogen-bond acceptors (Lipinski definition) is 13. The van der Waals surface area contributed by atoms with Gasteiger partial charge in [0.05, 0.1) is 44.7 Å².